The molecule has 4 rings (SSSR count). The lowest BCUT2D eigenvalue weighted by Crippen LogP contribution is -2.42. The molecule has 2 aromatic rings. The molecule has 1 amide bonds. The largest absolute Gasteiger partial charge is 0.461 e. The number of rotatable bonds is 1. The van der Waals surface area contributed by atoms with Crippen LogP contribution in [0.4, 0.5) is 13.2 Å². The molecular weight excluding hydrogens is 319 g/mol. The van der Waals surface area contributed by atoms with E-state index in [2.05, 4.69) is 0 Å². The van der Waals surface area contributed by atoms with Crippen LogP contribution in [0.15, 0.2) is 34.7 Å². The lowest BCUT2D eigenvalue weighted by Gasteiger charge is -2.38. The van der Waals surface area contributed by atoms with Gasteiger partial charge in [-0.1, -0.05) is 12.1 Å². The van der Waals surface area contributed by atoms with Crippen molar-refractivity contribution in [3.63, 3.8) is 0 Å². The second-order valence-corrected chi connectivity index (χ2v) is 6.31. The Morgan fingerprint density at radius 1 is 1.12 bits per heavy atom. The number of hydrogen-bond donors (Lipinski definition) is 0. The SMILES string of the molecule is O=C1CCC[C@@H]2c3cc(-c4ccc(C(F)(F)F)cc4)oc3CCN12. The van der Waals surface area contributed by atoms with Gasteiger partial charge in [-0.15, -0.1) is 0 Å². The molecule has 0 unspecified atom stereocenters. The highest BCUT2D eigenvalue weighted by atomic mass is 19.4. The van der Waals surface area contributed by atoms with E-state index in [0.29, 0.717) is 30.7 Å². The van der Waals surface area contributed by atoms with Crippen molar-refractivity contribution >= 4 is 5.91 Å². The molecule has 3 heterocycles. The van der Waals surface area contributed by atoms with Crippen LogP contribution >= 0.6 is 0 Å². The molecule has 1 saturated heterocycles. The Hall–Kier alpha value is -2.24. The predicted molar refractivity (Wildman–Crippen MR) is 81.2 cm³/mol. The van der Waals surface area contributed by atoms with Crippen molar-refractivity contribution in [3.8, 4) is 11.3 Å². The van der Waals surface area contributed by atoms with E-state index in [-0.39, 0.29) is 11.9 Å². The molecule has 0 saturated carbocycles. The highest BCUT2D eigenvalue weighted by Gasteiger charge is 2.36. The van der Waals surface area contributed by atoms with Crippen LogP contribution in [-0.4, -0.2) is 17.4 Å². The van der Waals surface area contributed by atoms with Gasteiger partial charge >= 0.3 is 6.18 Å². The molecule has 1 aromatic heterocycles. The van der Waals surface area contributed by atoms with Gasteiger partial charge in [0.25, 0.3) is 0 Å². The van der Waals surface area contributed by atoms with Crippen LogP contribution in [0.5, 0.6) is 0 Å². The van der Waals surface area contributed by atoms with E-state index in [4.69, 9.17) is 4.42 Å². The Balaban J connectivity index is 1.66. The maximum absolute atomic E-state index is 12.7. The molecular formula is C18H16F3NO2. The zero-order valence-electron chi connectivity index (χ0n) is 12.9. The fraction of sp³-hybridized carbons (Fsp3) is 0.389. The fourth-order valence-electron chi connectivity index (χ4n) is 3.63. The number of carbonyl (C=O) groups is 1. The molecule has 126 valence electrons. The molecule has 1 aromatic carbocycles. The monoisotopic (exact) mass is 335 g/mol. The molecule has 0 spiro atoms. The molecule has 1 fully saturated rings. The second-order valence-electron chi connectivity index (χ2n) is 6.31. The van der Waals surface area contributed by atoms with Gasteiger partial charge in [-0.2, -0.15) is 13.2 Å². The quantitative estimate of drug-likeness (QED) is 0.764. The van der Waals surface area contributed by atoms with Crippen molar-refractivity contribution in [1.82, 2.24) is 4.90 Å². The van der Waals surface area contributed by atoms with Crippen LogP contribution in [0, 0.1) is 0 Å². The summed E-state index contributed by atoms with van der Waals surface area (Å²) in [5.41, 5.74) is 0.946. The first-order valence-corrected chi connectivity index (χ1v) is 8.03. The lowest BCUT2D eigenvalue weighted by atomic mass is 9.90. The standard InChI is InChI=1S/C18H16F3NO2/c19-18(20,21)12-6-4-11(5-7-12)16-10-13-14-2-1-3-17(23)22(14)9-8-15(13)24-16/h4-7,10,14H,1-3,8-9H2/t14-/m1/s1. The minimum absolute atomic E-state index is 0.0435. The first-order valence-electron chi connectivity index (χ1n) is 8.03. The van der Waals surface area contributed by atoms with Gasteiger partial charge in [-0.05, 0) is 31.0 Å². The number of fused-ring (bicyclic) bond motifs is 3. The summed E-state index contributed by atoms with van der Waals surface area (Å²) in [6.45, 7) is 0.649. The number of piperidine rings is 1. The van der Waals surface area contributed by atoms with Crippen molar-refractivity contribution in [2.45, 2.75) is 37.9 Å². The summed E-state index contributed by atoms with van der Waals surface area (Å²) < 4.78 is 43.9. The van der Waals surface area contributed by atoms with Gasteiger partial charge in [0, 0.05) is 30.5 Å². The average molecular weight is 335 g/mol. The zero-order valence-corrected chi connectivity index (χ0v) is 12.9. The predicted octanol–water partition coefficient (Wildman–Crippen LogP) is 4.58. The van der Waals surface area contributed by atoms with Crippen molar-refractivity contribution in [2.24, 2.45) is 0 Å². The number of hydrogen-bond acceptors (Lipinski definition) is 2. The summed E-state index contributed by atoms with van der Waals surface area (Å²) in [4.78, 5) is 13.9. The molecule has 1 atom stereocenters. The summed E-state index contributed by atoms with van der Waals surface area (Å²) >= 11 is 0. The van der Waals surface area contributed by atoms with Gasteiger partial charge in [-0.25, -0.2) is 0 Å². The molecule has 3 nitrogen and oxygen atoms in total. The summed E-state index contributed by atoms with van der Waals surface area (Å²) in [6, 6.07) is 6.91. The number of alkyl halides is 3. The van der Waals surface area contributed by atoms with Gasteiger partial charge in [-0.3, -0.25) is 4.79 Å². The van der Waals surface area contributed by atoms with E-state index in [1.165, 1.54) is 12.1 Å². The van der Waals surface area contributed by atoms with E-state index in [1.807, 2.05) is 11.0 Å². The Kier molecular flexibility index (Phi) is 3.44. The third-order valence-corrected chi connectivity index (χ3v) is 4.84. The van der Waals surface area contributed by atoms with Gasteiger partial charge < -0.3 is 9.32 Å². The van der Waals surface area contributed by atoms with Gasteiger partial charge in [0.1, 0.15) is 11.5 Å². The third kappa shape index (κ3) is 2.50. The van der Waals surface area contributed by atoms with Gasteiger partial charge in [0.05, 0.1) is 11.6 Å². The summed E-state index contributed by atoms with van der Waals surface area (Å²) in [6.07, 6.45) is -1.33. The van der Waals surface area contributed by atoms with E-state index < -0.39 is 11.7 Å². The zero-order chi connectivity index (χ0) is 16.9. The molecule has 2 aliphatic rings. The number of amides is 1. The van der Waals surface area contributed by atoms with Crippen LogP contribution in [-0.2, 0) is 17.4 Å². The molecule has 24 heavy (non-hydrogen) atoms. The minimum Gasteiger partial charge on any atom is -0.461 e. The van der Waals surface area contributed by atoms with Gasteiger partial charge in [0.2, 0.25) is 5.91 Å². The Morgan fingerprint density at radius 3 is 2.58 bits per heavy atom. The Bertz CT molecular complexity index is 777. The molecule has 0 aliphatic carbocycles. The van der Waals surface area contributed by atoms with Crippen LogP contribution < -0.4 is 0 Å². The topological polar surface area (TPSA) is 33.5 Å². The van der Waals surface area contributed by atoms with Crippen LogP contribution in [0.25, 0.3) is 11.3 Å². The van der Waals surface area contributed by atoms with Crippen LogP contribution in [0.1, 0.15) is 42.2 Å². The maximum atomic E-state index is 12.7. The smallest absolute Gasteiger partial charge is 0.416 e. The molecule has 2 aliphatic heterocycles. The van der Waals surface area contributed by atoms with Gasteiger partial charge in [0.15, 0.2) is 0 Å². The first-order chi connectivity index (χ1) is 11.4. The van der Waals surface area contributed by atoms with E-state index in [9.17, 15) is 18.0 Å². The van der Waals surface area contributed by atoms with Crippen molar-refractivity contribution in [3.05, 3.63) is 47.2 Å². The summed E-state index contributed by atoms with van der Waals surface area (Å²) in [5.74, 6) is 1.59. The molecule has 0 radical (unpaired) electrons. The molecule has 0 N–H and O–H groups in total. The highest BCUT2D eigenvalue weighted by molar-refractivity contribution is 5.78. The van der Waals surface area contributed by atoms with Crippen LogP contribution in [0.3, 0.4) is 0 Å². The summed E-state index contributed by atoms with van der Waals surface area (Å²) in [7, 11) is 0. The van der Waals surface area contributed by atoms with E-state index >= 15 is 0 Å². The fourth-order valence-corrected chi connectivity index (χ4v) is 3.63. The maximum Gasteiger partial charge on any atom is 0.416 e. The molecule has 6 heteroatoms. The normalized spacial score (nSPS) is 20.7. The van der Waals surface area contributed by atoms with Crippen molar-refractivity contribution in [2.75, 3.05) is 6.54 Å². The Morgan fingerprint density at radius 2 is 1.88 bits per heavy atom. The van der Waals surface area contributed by atoms with Crippen molar-refractivity contribution in [1.29, 1.82) is 0 Å². The number of furan rings is 1. The number of halogens is 3. The van der Waals surface area contributed by atoms with E-state index in [1.54, 1.807) is 0 Å². The van der Waals surface area contributed by atoms with E-state index in [0.717, 1.165) is 36.3 Å². The first kappa shape index (κ1) is 15.3. The highest BCUT2D eigenvalue weighted by Crippen LogP contribution is 2.41. The number of nitrogens with zero attached hydrogens (tertiary/aromatic N) is 1. The summed E-state index contributed by atoms with van der Waals surface area (Å²) in [5, 5.41) is 0. The average Bonchev–Trinajstić information content (AvgIpc) is 2.99. The Labute approximate surface area is 137 Å². The molecule has 0 bridgehead atoms. The van der Waals surface area contributed by atoms with Crippen molar-refractivity contribution < 1.29 is 22.4 Å². The number of carbonyl (C=O) groups excluding carboxylic acids is 1. The number of benzene rings is 1. The minimum atomic E-state index is -4.34. The lowest BCUT2D eigenvalue weighted by molar-refractivity contribution is -0.138. The third-order valence-electron chi connectivity index (χ3n) is 4.84. The second kappa shape index (κ2) is 5.40. The van der Waals surface area contributed by atoms with Crippen LogP contribution in [0.2, 0.25) is 0 Å².